The zero-order chi connectivity index (χ0) is 30.1. The highest BCUT2D eigenvalue weighted by molar-refractivity contribution is 6.20. The highest BCUT2D eigenvalue weighted by Crippen LogP contribution is 2.31. The van der Waals surface area contributed by atoms with Gasteiger partial charge in [-0.15, -0.1) is 16.7 Å². The summed E-state index contributed by atoms with van der Waals surface area (Å²) in [6.07, 6.45) is 9.80. The van der Waals surface area contributed by atoms with Gasteiger partial charge in [-0.05, 0) is 103 Å². The van der Waals surface area contributed by atoms with Crippen molar-refractivity contribution in [2.45, 2.75) is 122 Å². The van der Waals surface area contributed by atoms with Gasteiger partial charge in [-0.3, -0.25) is 25.7 Å². The van der Waals surface area contributed by atoms with Gasteiger partial charge in [0.2, 0.25) is 0 Å². The average molecular weight is 592 g/mol. The standard InChI is InChI=1S/C30H62ClN5O4/c1-9-17-32-29(33-18-19-39-7)35(6)22-36(40-8)30(5,38)16-15-26(27(31)20-23(2)3)21-24(4)34-28(37)25-13-11-10-12-14-25/h13,23-24,26-29,32-34,37-38H,9-12,14-22H2,1-8H3/t24?,26-,27?,28?,29?,30+/m0/s1. The lowest BCUT2D eigenvalue weighted by Crippen LogP contribution is -2.59. The Kier molecular flexibility index (Phi) is 19.4. The quantitative estimate of drug-likeness (QED) is 0.0393. The van der Waals surface area contributed by atoms with E-state index in [1.165, 1.54) is 6.42 Å². The minimum absolute atomic E-state index is 0.0163. The summed E-state index contributed by atoms with van der Waals surface area (Å²) in [5.74, 6) is 0.658. The summed E-state index contributed by atoms with van der Waals surface area (Å²) in [4.78, 5) is 7.78. The highest BCUT2D eigenvalue weighted by atomic mass is 35.5. The maximum atomic E-state index is 11.6. The van der Waals surface area contributed by atoms with E-state index in [1.807, 2.05) is 7.05 Å². The fraction of sp³-hybridized carbons (Fsp3) is 0.933. The van der Waals surface area contributed by atoms with E-state index in [2.05, 4.69) is 54.6 Å². The van der Waals surface area contributed by atoms with Crippen LogP contribution in [0.4, 0.5) is 0 Å². The third-order valence-electron chi connectivity index (χ3n) is 7.75. The predicted octanol–water partition coefficient (Wildman–Crippen LogP) is 4.20. The number of ether oxygens (including phenoxy) is 1. The zero-order valence-corrected chi connectivity index (χ0v) is 27.5. The summed E-state index contributed by atoms with van der Waals surface area (Å²) in [7, 11) is 5.29. The molecule has 40 heavy (non-hydrogen) atoms. The number of alkyl halides is 1. The summed E-state index contributed by atoms with van der Waals surface area (Å²) < 4.78 is 5.19. The molecule has 0 aliphatic heterocycles. The summed E-state index contributed by atoms with van der Waals surface area (Å²) in [6, 6.07) is 0.0921. The molecular formula is C30H62ClN5O4. The van der Waals surface area contributed by atoms with Gasteiger partial charge in [0, 0.05) is 25.1 Å². The molecule has 0 saturated heterocycles. The Morgan fingerprint density at radius 3 is 2.40 bits per heavy atom. The number of halogens is 1. The lowest BCUT2D eigenvalue weighted by atomic mass is 9.86. The largest absolute Gasteiger partial charge is 0.383 e. The second-order valence-electron chi connectivity index (χ2n) is 12.2. The van der Waals surface area contributed by atoms with E-state index >= 15 is 0 Å². The molecule has 0 heterocycles. The fourth-order valence-corrected chi connectivity index (χ4v) is 5.92. The van der Waals surface area contributed by atoms with Crippen LogP contribution in [-0.4, -0.2) is 97.5 Å². The second-order valence-corrected chi connectivity index (χ2v) is 12.7. The molecule has 1 aliphatic carbocycles. The number of rotatable bonds is 23. The molecule has 4 unspecified atom stereocenters. The Morgan fingerprint density at radius 1 is 1.12 bits per heavy atom. The average Bonchev–Trinajstić information content (AvgIpc) is 2.91. The van der Waals surface area contributed by atoms with E-state index in [-0.39, 0.29) is 23.6 Å². The first-order valence-corrected chi connectivity index (χ1v) is 15.9. The van der Waals surface area contributed by atoms with Crippen molar-refractivity contribution in [2.24, 2.45) is 11.8 Å². The van der Waals surface area contributed by atoms with E-state index < -0.39 is 12.0 Å². The molecule has 0 fully saturated rings. The third kappa shape index (κ3) is 14.7. The van der Waals surface area contributed by atoms with Crippen LogP contribution in [0, 0.1) is 11.8 Å². The number of aliphatic hydroxyl groups is 2. The Bertz CT molecular complexity index is 684. The molecule has 0 bridgehead atoms. The summed E-state index contributed by atoms with van der Waals surface area (Å²) >= 11 is 6.99. The highest BCUT2D eigenvalue weighted by Gasteiger charge is 2.34. The number of methoxy groups -OCH3 is 1. The van der Waals surface area contributed by atoms with Gasteiger partial charge in [-0.2, -0.15) is 0 Å². The van der Waals surface area contributed by atoms with E-state index in [1.54, 1.807) is 26.2 Å². The van der Waals surface area contributed by atoms with Gasteiger partial charge in [0.1, 0.15) is 18.2 Å². The minimum Gasteiger partial charge on any atom is -0.383 e. The Labute approximate surface area is 250 Å². The number of nitrogens with zero attached hydrogens (tertiary/aromatic N) is 2. The maximum absolute atomic E-state index is 11.6. The molecule has 0 saturated carbocycles. The van der Waals surface area contributed by atoms with Crippen molar-refractivity contribution < 1.29 is 19.8 Å². The molecule has 9 nitrogen and oxygen atoms in total. The van der Waals surface area contributed by atoms with Gasteiger partial charge in [0.15, 0.2) is 0 Å². The minimum atomic E-state index is -1.19. The van der Waals surface area contributed by atoms with Crippen LogP contribution >= 0.6 is 11.6 Å². The molecule has 6 atom stereocenters. The zero-order valence-electron chi connectivity index (χ0n) is 26.7. The van der Waals surface area contributed by atoms with Crippen molar-refractivity contribution in [3.05, 3.63) is 11.6 Å². The van der Waals surface area contributed by atoms with Crippen molar-refractivity contribution in [2.75, 3.05) is 47.6 Å². The Balaban J connectivity index is 2.85. The van der Waals surface area contributed by atoms with Crippen LogP contribution in [0.25, 0.3) is 0 Å². The molecule has 0 amide bonds. The van der Waals surface area contributed by atoms with Gasteiger partial charge >= 0.3 is 0 Å². The SMILES string of the molecule is CCCNC(NCCOC)N(C)CN(OC)[C@](C)(O)CC[C@@H](CC(C)NC(O)C1=CCCCC1)C(Cl)CC(C)C. The first-order chi connectivity index (χ1) is 18.9. The van der Waals surface area contributed by atoms with Gasteiger partial charge in [-0.25, -0.2) is 0 Å². The van der Waals surface area contributed by atoms with Crippen molar-refractivity contribution in [3.8, 4) is 0 Å². The Morgan fingerprint density at radius 2 is 1.82 bits per heavy atom. The molecule has 1 rings (SSSR count). The van der Waals surface area contributed by atoms with Crippen LogP contribution in [-0.2, 0) is 9.57 Å². The topological polar surface area (TPSA) is 101 Å². The fourth-order valence-electron chi connectivity index (χ4n) is 5.34. The molecule has 1 aliphatic rings. The van der Waals surface area contributed by atoms with Crippen molar-refractivity contribution >= 4 is 11.6 Å². The first-order valence-electron chi connectivity index (χ1n) is 15.4. The monoisotopic (exact) mass is 591 g/mol. The van der Waals surface area contributed by atoms with E-state index in [4.69, 9.17) is 21.2 Å². The van der Waals surface area contributed by atoms with Crippen LogP contribution in [0.5, 0.6) is 0 Å². The predicted molar refractivity (Wildman–Crippen MR) is 166 cm³/mol. The lowest BCUT2D eigenvalue weighted by Gasteiger charge is -2.40. The van der Waals surface area contributed by atoms with Gasteiger partial charge in [-0.1, -0.05) is 26.8 Å². The van der Waals surface area contributed by atoms with Crippen LogP contribution in [0.2, 0.25) is 0 Å². The number of nitrogens with one attached hydrogen (secondary N) is 3. The number of hydroxylamine groups is 2. The lowest BCUT2D eigenvalue weighted by molar-refractivity contribution is -0.292. The van der Waals surface area contributed by atoms with Crippen LogP contribution in [0.3, 0.4) is 0 Å². The van der Waals surface area contributed by atoms with Crippen LogP contribution < -0.4 is 16.0 Å². The Hall–Kier alpha value is -0.330. The molecule has 0 aromatic carbocycles. The molecule has 0 radical (unpaired) electrons. The van der Waals surface area contributed by atoms with Crippen molar-refractivity contribution in [1.29, 1.82) is 0 Å². The number of hydrogen-bond donors (Lipinski definition) is 5. The van der Waals surface area contributed by atoms with Crippen LogP contribution in [0.1, 0.15) is 92.4 Å². The number of allylic oxidation sites excluding steroid dienone is 1. The third-order valence-corrected chi connectivity index (χ3v) is 8.29. The number of hydrogen-bond acceptors (Lipinski definition) is 9. The molecule has 10 heteroatoms. The van der Waals surface area contributed by atoms with E-state index in [0.29, 0.717) is 32.2 Å². The molecule has 0 aromatic heterocycles. The van der Waals surface area contributed by atoms with Crippen molar-refractivity contribution in [1.82, 2.24) is 25.9 Å². The molecule has 0 spiro atoms. The summed E-state index contributed by atoms with van der Waals surface area (Å²) in [5, 5.41) is 34.3. The summed E-state index contributed by atoms with van der Waals surface area (Å²) in [5.41, 5.74) is -0.0915. The van der Waals surface area contributed by atoms with Gasteiger partial charge in [0.25, 0.3) is 0 Å². The molecular weight excluding hydrogens is 530 g/mol. The normalized spacial score (nSPS) is 19.9. The van der Waals surface area contributed by atoms with Crippen LogP contribution in [0.15, 0.2) is 11.6 Å². The maximum Gasteiger partial charge on any atom is 0.139 e. The summed E-state index contributed by atoms with van der Waals surface area (Å²) in [6.45, 7) is 13.0. The van der Waals surface area contributed by atoms with Crippen molar-refractivity contribution in [3.63, 3.8) is 0 Å². The molecule has 238 valence electrons. The van der Waals surface area contributed by atoms with E-state index in [9.17, 15) is 10.2 Å². The second kappa shape index (κ2) is 20.6. The van der Waals surface area contributed by atoms with E-state index in [0.717, 1.165) is 57.1 Å². The smallest absolute Gasteiger partial charge is 0.139 e. The van der Waals surface area contributed by atoms with Gasteiger partial charge in [0.05, 0.1) is 20.4 Å². The first kappa shape index (κ1) is 37.7. The number of aliphatic hydroxyl groups excluding tert-OH is 1. The molecule has 0 aromatic rings. The molecule has 5 N–H and O–H groups in total. The van der Waals surface area contributed by atoms with Gasteiger partial charge < -0.3 is 14.9 Å².